The fourth-order valence-corrected chi connectivity index (χ4v) is 3.81. The maximum absolute atomic E-state index is 13.1. The Balaban J connectivity index is 2.97. The zero-order chi connectivity index (χ0) is 28.1. The molecule has 0 bridgehead atoms. The first-order valence-electron chi connectivity index (χ1n) is 11.7. The SMILES string of the molecule is CSCCC(NC(=O)C(N)Cc1ccc(O)cc1)C(=O)NC(CCC(=O)O)C(=O)NC(C(=O)O)C(C)C. The van der Waals surface area contributed by atoms with Gasteiger partial charge >= 0.3 is 11.9 Å². The number of phenols is 1. The highest BCUT2D eigenvalue weighted by Gasteiger charge is 2.31. The number of carbonyl (C=O) groups is 5. The first-order chi connectivity index (χ1) is 17.3. The lowest BCUT2D eigenvalue weighted by Crippen LogP contribution is -2.57. The van der Waals surface area contributed by atoms with Crippen LogP contribution in [0.3, 0.4) is 0 Å². The van der Waals surface area contributed by atoms with E-state index in [4.69, 9.17) is 10.8 Å². The molecule has 0 aliphatic carbocycles. The van der Waals surface area contributed by atoms with E-state index < -0.39 is 66.2 Å². The Morgan fingerprint density at radius 1 is 0.892 bits per heavy atom. The third kappa shape index (κ3) is 11.5. The Morgan fingerprint density at radius 3 is 1.95 bits per heavy atom. The largest absolute Gasteiger partial charge is 0.508 e. The van der Waals surface area contributed by atoms with E-state index in [2.05, 4.69) is 16.0 Å². The van der Waals surface area contributed by atoms with Gasteiger partial charge in [0.25, 0.3) is 0 Å². The van der Waals surface area contributed by atoms with Gasteiger partial charge in [0.15, 0.2) is 0 Å². The summed E-state index contributed by atoms with van der Waals surface area (Å²) in [4.78, 5) is 61.2. The molecule has 12 nitrogen and oxygen atoms in total. The number of aliphatic carboxylic acids is 2. The van der Waals surface area contributed by atoms with Gasteiger partial charge in [0, 0.05) is 6.42 Å². The number of aromatic hydroxyl groups is 1. The van der Waals surface area contributed by atoms with E-state index in [0.29, 0.717) is 11.3 Å². The van der Waals surface area contributed by atoms with Crippen LogP contribution in [0.2, 0.25) is 0 Å². The highest BCUT2D eigenvalue weighted by Crippen LogP contribution is 2.12. The van der Waals surface area contributed by atoms with Gasteiger partial charge < -0.3 is 37.0 Å². The summed E-state index contributed by atoms with van der Waals surface area (Å²) < 4.78 is 0. The van der Waals surface area contributed by atoms with E-state index in [1.807, 2.05) is 6.26 Å². The maximum Gasteiger partial charge on any atom is 0.326 e. The summed E-state index contributed by atoms with van der Waals surface area (Å²) >= 11 is 1.43. The average Bonchev–Trinajstić information content (AvgIpc) is 2.82. The second-order valence-corrected chi connectivity index (χ2v) is 9.87. The molecule has 206 valence electrons. The summed E-state index contributed by atoms with van der Waals surface area (Å²) in [6.45, 7) is 3.19. The number of nitrogens with one attached hydrogen (secondary N) is 3. The van der Waals surface area contributed by atoms with Crippen molar-refractivity contribution in [2.75, 3.05) is 12.0 Å². The standard InChI is InChI=1S/C24H36N4O8S/c1-13(2)20(24(35)36)28-23(34)17(8-9-19(30)31)27-22(33)18(10-11-37-3)26-21(32)16(25)12-14-4-6-15(29)7-5-14/h4-7,13,16-18,20,29H,8-12,25H2,1-3H3,(H,26,32)(H,27,33)(H,28,34)(H,30,31)(H,35,36). The molecule has 0 saturated heterocycles. The van der Waals surface area contributed by atoms with Crippen molar-refractivity contribution in [1.82, 2.24) is 16.0 Å². The molecule has 8 N–H and O–H groups in total. The van der Waals surface area contributed by atoms with Gasteiger partial charge in [-0.2, -0.15) is 11.8 Å². The number of amides is 3. The topological polar surface area (TPSA) is 208 Å². The monoisotopic (exact) mass is 540 g/mol. The van der Waals surface area contributed by atoms with Crippen LogP contribution in [0.15, 0.2) is 24.3 Å². The number of carbonyl (C=O) groups excluding carboxylic acids is 3. The second kappa shape index (κ2) is 15.7. The number of rotatable bonds is 16. The molecule has 3 amide bonds. The smallest absolute Gasteiger partial charge is 0.326 e. The normalized spacial score (nSPS) is 14.2. The fraction of sp³-hybridized carbons (Fsp3) is 0.542. The van der Waals surface area contributed by atoms with Crippen LogP contribution < -0.4 is 21.7 Å². The molecule has 1 aromatic carbocycles. The summed E-state index contributed by atoms with van der Waals surface area (Å²) in [7, 11) is 0. The van der Waals surface area contributed by atoms with Crippen LogP contribution in [-0.2, 0) is 30.4 Å². The Hall–Kier alpha value is -3.32. The molecule has 0 aliphatic heterocycles. The van der Waals surface area contributed by atoms with E-state index >= 15 is 0 Å². The van der Waals surface area contributed by atoms with Gasteiger partial charge in [-0.25, -0.2) is 4.79 Å². The molecule has 0 saturated carbocycles. The number of phenolic OH excluding ortho intramolecular Hbond substituents is 1. The van der Waals surface area contributed by atoms with Gasteiger partial charge in [-0.05, 0) is 54.9 Å². The Bertz CT molecular complexity index is 941. The van der Waals surface area contributed by atoms with Crippen LogP contribution >= 0.6 is 11.8 Å². The van der Waals surface area contributed by atoms with Crippen molar-refractivity contribution >= 4 is 41.4 Å². The lowest BCUT2D eigenvalue weighted by molar-refractivity contribution is -0.144. The van der Waals surface area contributed by atoms with E-state index in [1.165, 1.54) is 23.9 Å². The van der Waals surface area contributed by atoms with Crippen LogP contribution in [0.4, 0.5) is 0 Å². The van der Waals surface area contributed by atoms with Gasteiger partial charge in [-0.1, -0.05) is 26.0 Å². The van der Waals surface area contributed by atoms with Crippen molar-refractivity contribution < 1.29 is 39.3 Å². The summed E-state index contributed by atoms with van der Waals surface area (Å²) in [6.07, 6.45) is 1.45. The summed E-state index contributed by atoms with van der Waals surface area (Å²) in [5.74, 6) is -4.52. The van der Waals surface area contributed by atoms with Gasteiger partial charge in [-0.15, -0.1) is 0 Å². The molecule has 0 radical (unpaired) electrons. The molecular weight excluding hydrogens is 504 g/mol. The molecule has 0 aliphatic rings. The quantitative estimate of drug-likeness (QED) is 0.150. The van der Waals surface area contributed by atoms with E-state index in [1.54, 1.807) is 26.0 Å². The lowest BCUT2D eigenvalue weighted by atomic mass is 10.0. The van der Waals surface area contributed by atoms with Crippen LogP contribution in [0, 0.1) is 5.92 Å². The predicted octanol–water partition coefficient (Wildman–Crippen LogP) is 0.0749. The predicted molar refractivity (Wildman–Crippen MR) is 138 cm³/mol. The van der Waals surface area contributed by atoms with Gasteiger partial charge in [0.1, 0.15) is 23.9 Å². The first-order valence-corrected chi connectivity index (χ1v) is 13.1. The van der Waals surface area contributed by atoms with Gasteiger partial charge in [-0.3, -0.25) is 19.2 Å². The van der Waals surface area contributed by atoms with Crippen molar-refractivity contribution in [2.24, 2.45) is 11.7 Å². The van der Waals surface area contributed by atoms with Crippen molar-refractivity contribution in [3.05, 3.63) is 29.8 Å². The fourth-order valence-electron chi connectivity index (χ4n) is 3.34. The number of carboxylic acids is 2. The minimum Gasteiger partial charge on any atom is -0.508 e. The van der Waals surface area contributed by atoms with Crippen LogP contribution in [-0.4, -0.2) is 81.2 Å². The maximum atomic E-state index is 13.1. The minimum atomic E-state index is -1.33. The zero-order valence-electron chi connectivity index (χ0n) is 21.1. The number of thioether (sulfide) groups is 1. The third-order valence-electron chi connectivity index (χ3n) is 5.48. The molecule has 1 aromatic rings. The van der Waals surface area contributed by atoms with Crippen molar-refractivity contribution in [3.8, 4) is 5.75 Å². The Kier molecular flexibility index (Phi) is 13.5. The molecule has 13 heteroatoms. The van der Waals surface area contributed by atoms with Crippen LogP contribution in [0.25, 0.3) is 0 Å². The Morgan fingerprint density at radius 2 is 1.43 bits per heavy atom. The van der Waals surface area contributed by atoms with Gasteiger partial charge in [0.2, 0.25) is 17.7 Å². The zero-order valence-corrected chi connectivity index (χ0v) is 21.9. The number of hydrogen-bond donors (Lipinski definition) is 7. The minimum absolute atomic E-state index is 0.0696. The summed E-state index contributed by atoms with van der Waals surface area (Å²) in [6, 6.07) is 1.54. The molecule has 4 unspecified atom stereocenters. The average molecular weight is 541 g/mol. The van der Waals surface area contributed by atoms with Gasteiger partial charge in [0.05, 0.1) is 6.04 Å². The molecule has 0 aromatic heterocycles. The molecule has 0 spiro atoms. The number of benzene rings is 1. The number of hydrogen-bond acceptors (Lipinski definition) is 8. The van der Waals surface area contributed by atoms with Crippen molar-refractivity contribution in [2.45, 2.75) is 63.7 Å². The van der Waals surface area contributed by atoms with Crippen molar-refractivity contribution in [3.63, 3.8) is 0 Å². The molecule has 1 rings (SSSR count). The van der Waals surface area contributed by atoms with E-state index in [-0.39, 0.29) is 25.0 Å². The molecule has 4 atom stereocenters. The molecule has 37 heavy (non-hydrogen) atoms. The first kappa shape index (κ1) is 31.7. The lowest BCUT2D eigenvalue weighted by Gasteiger charge is -2.26. The van der Waals surface area contributed by atoms with Crippen LogP contribution in [0.1, 0.15) is 38.7 Å². The van der Waals surface area contributed by atoms with E-state index in [0.717, 1.165) is 0 Å². The Labute approximate surface area is 219 Å². The second-order valence-electron chi connectivity index (χ2n) is 8.88. The molecule has 0 fully saturated rings. The number of nitrogens with two attached hydrogens (primary N) is 1. The summed E-state index contributed by atoms with van der Waals surface area (Å²) in [5, 5.41) is 35.2. The van der Waals surface area contributed by atoms with E-state index in [9.17, 15) is 34.2 Å². The number of carboxylic acid groups (broad SMARTS) is 2. The molecule has 0 heterocycles. The summed E-state index contributed by atoms with van der Waals surface area (Å²) in [5.41, 5.74) is 6.71. The van der Waals surface area contributed by atoms with Crippen LogP contribution in [0.5, 0.6) is 5.75 Å². The third-order valence-corrected chi connectivity index (χ3v) is 6.13. The van der Waals surface area contributed by atoms with Crippen molar-refractivity contribution in [1.29, 1.82) is 0 Å². The molecular formula is C24H36N4O8S. The highest BCUT2D eigenvalue weighted by atomic mass is 32.2. The highest BCUT2D eigenvalue weighted by molar-refractivity contribution is 7.98.